The van der Waals surface area contributed by atoms with E-state index in [1.54, 1.807) is 0 Å². The Morgan fingerprint density at radius 1 is 1.09 bits per heavy atom. The predicted octanol–water partition coefficient (Wildman–Crippen LogP) is 4.68. The Bertz CT molecular complexity index is 830. The second kappa shape index (κ2) is 6.94. The quantitative estimate of drug-likeness (QED) is 0.731. The molecule has 0 unspecified atom stereocenters. The molecule has 3 nitrogen and oxygen atoms in total. The Morgan fingerprint density at radius 3 is 2.48 bits per heavy atom. The van der Waals surface area contributed by atoms with Crippen LogP contribution in [0.4, 0.5) is 0 Å². The number of hydrogen-bond acceptors (Lipinski definition) is 3. The number of nitrogens with zero attached hydrogens (tertiary/aromatic N) is 1. The number of benzene rings is 2. The van der Waals surface area contributed by atoms with Crippen molar-refractivity contribution in [1.82, 2.24) is 4.98 Å². The summed E-state index contributed by atoms with van der Waals surface area (Å²) < 4.78 is 0. The average molecular weight is 344 g/mol. The lowest BCUT2D eigenvalue weighted by Crippen LogP contribution is -1.99. The first-order chi connectivity index (χ1) is 11.1. The van der Waals surface area contributed by atoms with Crippen LogP contribution in [0, 0.1) is 0 Å². The highest BCUT2D eigenvalue weighted by molar-refractivity contribution is 7.12. The van der Waals surface area contributed by atoms with Crippen LogP contribution in [0.5, 0.6) is 0 Å². The van der Waals surface area contributed by atoms with E-state index in [9.17, 15) is 4.79 Å². The summed E-state index contributed by atoms with van der Waals surface area (Å²) in [5.41, 5.74) is 2.68. The number of halogens is 1. The maximum atomic E-state index is 11.1. The van der Waals surface area contributed by atoms with Gasteiger partial charge in [-0.25, -0.2) is 4.98 Å². The molecule has 1 aromatic heterocycles. The van der Waals surface area contributed by atoms with Crippen LogP contribution in [0.1, 0.15) is 15.4 Å². The molecule has 23 heavy (non-hydrogen) atoms. The largest absolute Gasteiger partial charge is 0.481 e. The number of aromatic nitrogens is 1. The molecule has 0 amide bonds. The highest BCUT2D eigenvalue weighted by Gasteiger charge is 2.16. The lowest BCUT2D eigenvalue weighted by atomic mass is 10.1. The third kappa shape index (κ3) is 3.78. The minimum Gasteiger partial charge on any atom is -0.481 e. The van der Waals surface area contributed by atoms with Crippen molar-refractivity contribution in [1.29, 1.82) is 0 Å². The number of aliphatic carboxylic acids is 1. The molecule has 3 aromatic rings. The van der Waals surface area contributed by atoms with E-state index in [0.717, 1.165) is 26.7 Å². The summed E-state index contributed by atoms with van der Waals surface area (Å²) in [7, 11) is 0. The van der Waals surface area contributed by atoms with Crippen molar-refractivity contribution < 1.29 is 9.90 Å². The first kappa shape index (κ1) is 15.7. The van der Waals surface area contributed by atoms with E-state index in [1.165, 1.54) is 11.3 Å². The summed E-state index contributed by atoms with van der Waals surface area (Å²) in [6.45, 7) is 0. The smallest absolute Gasteiger partial charge is 0.308 e. The summed E-state index contributed by atoms with van der Waals surface area (Å²) in [6, 6.07) is 17.3. The Kier molecular flexibility index (Phi) is 4.74. The first-order valence-electron chi connectivity index (χ1n) is 7.12. The fraction of sp³-hybridized carbons (Fsp3) is 0.111. The summed E-state index contributed by atoms with van der Waals surface area (Å²) in [4.78, 5) is 16.6. The molecule has 0 aliphatic heterocycles. The molecule has 0 atom stereocenters. The highest BCUT2D eigenvalue weighted by atomic mass is 35.5. The van der Waals surface area contributed by atoms with Gasteiger partial charge < -0.3 is 5.11 Å². The fourth-order valence-corrected chi connectivity index (χ4v) is 3.67. The average Bonchev–Trinajstić information content (AvgIpc) is 2.92. The van der Waals surface area contributed by atoms with Gasteiger partial charge in [-0.3, -0.25) is 4.79 Å². The normalized spacial score (nSPS) is 10.7. The molecule has 0 spiro atoms. The molecule has 3 rings (SSSR count). The van der Waals surface area contributed by atoms with Gasteiger partial charge in [-0.15, -0.1) is 11.3 Å². The van der Waals surface area contributed by atoms with E-state index in [2.05, 4.69) is 4.98 Å². The van der Waals surface area contributed by atoms with Crippen molar-refractivity contribution in [3.8, 4) is 11.3 Å². The van der Waals surface area contributed by atoms with Crippen molar-refractivity contribution in [2.45, 2.75) is 12.8 Å². The Hall–Kier alpha value is -2.17. The van der Waals surface area contributed by atoms with Crippen molar-refractivity contribution in [2.24, 2.45) is 0 Å². The maximum Gasteiger partial charge on any atom is 0.308 e. The number of thiazole rings is 1. The van der Waals surface area contributed by atoms with Crippen molar-refractivity contribution in [3.63, 3.8) is 0 Å². The minimum absolute atomic E-state index is 0.0234. The lowest BCUT2D eigenvalue weighted by Gasteiger charge is -2.00. The van der Waals surface area contributed by atoms with Crippen LogP contribution >= 0.6 is 22.9 Å². The van der Waals surface area contributed by atoms with Gasteiger partial charge in [0.25, 0.3) is 0 Å². The molecule has 1 N–H and O–H groups in total. The van der Waals surface area contributed by atoms with E-state index in [0.29, 0.717) is 11.4 Å². The maximum absolute atomic E-state index is 11.1. The van der Waals surface area contributed by atoms with Crippen LogP contribution in [0.15, 0.2) is 54.6 Å². The van der Waals surface area contributed by atoms with Crippen LogP contribution in [0.25, 0.3) is 11.3 Å². The van der Waals surface area contributed by atoms with E-state index < -0.39 is 5.97 Å². The summed E-state index contributed by atoms with van der Waals surface area (Å²) in [5.74, 6) is -0.852. The summed E-state index contributed by atoms with van der Waals surface area (Å²) in [5, 5.41) is 10.7. The Morgan fingerprint density at radius 2 is 1.78 bits per heavy atom. The van der Waals surface area contributed by atoms with E-state index in [4.69, 9.17) is 16.7 Å². The van der Waals surface area contributed by atoms with Gasteiger partial charge in [-0.2, -0.15) is 0 Å². The Labute approximate surface area is 143 Å². The van der Waals surface area contributed by atoms with Gasteiger partial charge in [0.1, 0.15) is 0 Å². The molecule has 0 saturated heterocycles. The van der Waals surface area contributed by atoms with Gasteiger partial charge in [0.2, 0.25) is 0 Å². The summed E-state index contributed by atoms with van der Waals surface area (Å²) in [6.07, 6.45) is 0.578. The number of carbonyl (C=O) groups is 1. The van der Waals surface area contributed by atoms with Gasteiger partial charge in [0, 0.05) is 21.9 Å². The number of carboxylic acids is 1. The van der Waals surface area contributed by atoms with Crippen LogP contribution < -0.4 is 0 Å². The second-order valence-electron chi connectivity index (χ2n) is 5.08. The van der Waals surface area contributed by atoms with Crippen molar-refractivity contribution in [3.05, 3.63) is 75.1 Å². The highest BCUT2D eigenvalue weighted by Crippen LogP contribution is 2.31. The molecule has 5 heteroatoms. The van der Waals surface area contributed by atoms with Crippen LogP contribution in [0.2, 0.25) is 5.02 Å². The first-order valence-corrected chi connectivity index (χ1v) is 8.32. The summed E-state index contributed by atoms with van der Waals surface area (Å²) >= 11 is 7.64. The Balaban J connectivity index is 1.98. The van der Waals surface area contributed by atoms with Crippen molar-refractivity contribution in [2.75, 3.05) is 0 Å². The molecule has 0 aliphatic rings. The van der Waals surface area contributed by atoms with Crippen LogP contribution in [0.3, 0.4) is 0 Å². The zero-order valence-electron chi connectivity index (χ0n) is 12.2. The van der Waals surface area contributed by atoms with Crippen molar-refractivity contribution >= 4 is 28.9 Å². The third-order valence-electron chi connectivity index (χ3n) is 3.40. The van der Waals surface area contributed by atoms with Gasteiger partial charge in [-0.1, -0.05) is 60.1 Å². The molecule has 0 aliphatic carbocycles. The fourth-order valence-electron chi connectivity index (χ4n) is 2.36. The molecule has 0 bridgehead atoms. The molecule has 2 aromatic carbocycles. The second-order valence-corrected chi connectivity index (χ2v) is 6.66. The molecule has 0 saturated carbocycles. The number of rotatable bonds is 5. The molecule has 0 fully saturated rings. The zero-order valence-corrected chi connectivity index (χ0v) is 13.8. The lowest BCUT2D eigenvalue weighted by molar-refractivity contribution is -0.136. The third-order valence-corrected chi connectivity index (χ3v) is 4.82. The minimum atomic E-state index is -0.852. The topological polar surface area (TPSA) is 50.2 Å². The molecular weight excluding hydrogens is 330 g/mol. The van der Waals surface area contributed by atoms with Gasteiger partial charge in [0.05, 0.1) is 17.1 Å². The SMILES string of the molecule is O=C(O)Cc1sc(Cc2ccccc2Cl)nc1-c1ccccc1. The number of hydrogen-bond donors (Lipinski definition) is 1. The zero-order chi connectivity index (χ0) is 16.2. The van der Waals surface area contributed by atoms with Gasteiger partial charge in [-0.05, 0) is 11.6 Å². The van der Waals surface area contributed by atoms with E-state index in [-0.39, 0.29) is 6.42 Å². The van der Waals surface area contributed by atoms with Gasteiger partial charge in [0.15, 0.2) is 0 Å². The molecular formula is C18H14ClNO2S. The standard InChI is InChI=1S/C18H14ClNO2S/c19-14-9-5-4-8-13(14)10-16-20-18(12-6-2-1-3-7-12)15(23-16)11-17(21)22/h1-9H,10-11H2,(H,21,22). The van der Waals surface area contributed by atoms with Gasteiger partial charge >= 0.3 is 5.97 Å². The molecule has 0 radical (unpaired) electrons. The number of carboxylic acid groups (broad SMARTS) is 1. The van der Waals surface area contributed by atoms with E-state index in [1.807, 2.05) is 54.6 Å². The van der Waals surface area contributed by atoms with Crippen LogP contribution in [-0.4, -0.2) is 16.1 Å². The molecule has 1 heterocycles. The monoisotopic (exact) mass is 343 g/mol. The van der Waals surface area contributed by atoms with Crippen LogP contribution in [-0.2, 0) is 17.6 Å². The van der Waals surface area contributed by atoms with E-state index >= 15 is 0 Å². The molecule has 116 valence electrons. The predicted molar refractivity (Wildman–Crippen MR) is 93.1 cm³/mol.